The van der Waals surface area contributed by atoms with Crippen molar-refractivity contribution in [2.75, 3.05) is 14.2 Å². The van der Waals surface area contributed by atoms with Crippen LogP contribution in [-0.2, 0) is 21.1 Å². The van der Waals surface area contributed by atoms with Crippen LogP contribution in [0.1, 0.15) is 5.69 Å². The number of likely N-dealkylation sites (N-methyl/N-ethyl adjacent to an activating group) is 1. The molecular formula is C9H9N3O4S. The maximum absolute atomic E-state index is 11.7. The summed E-state index contributed by atoms with van der Waals surface area (Å²) in [7, 11) is 2.74. The Bertz CT molecular complexity index is 482. The number of carbonyl (C=O) groups excluding carboxylic acids is 1. The minimum Gasteiger partial charge on any atom is -0.566 e. The second-order valence-corrected chi connectivity index (χ2v) is 4.30. The number of aromatic nitrogens is 1. The Balaban J connectivity index is 2.39. The first kappa shape index (κ1) is 11.7. The molecule has 1 atom stereocenters. The van der Waals surface area contributed by atoms with Gasteiger partial charge in [0.25, 0.3) is 0 Å². The lowest BCUT2D eigenvalue weighted by atomic mass is 10.2. The normalized spacial score (nSPS) is 19.7. The van der Waals surface area contributed by atoms with Crippen molar-refractivity contribution in [3.05, 3.63) is 29.8 Å². The third kappa shape index (κ3) is 2.17. The van der Waals surface area contributed by atoms with Crippen LogP contribution >= 0.6 is 0 Å². The van der Waals surface area contributed by atoms with E-state index in [4.69, 9.17) is 0 Å². The van der Waals surface area contributed by atoms with Crippen LogP contribution in [-0.4, -0.2) is 39.9 Å². The average molecular weight is 255 g/mol. The lowest BCUT2D eigenvalue weighted by molar-refractivity contribution is -0.137. The maximum Gasteiger partial charge on any atom is 0.359 e. The van der Waals surface area contributed by atoms with Gasteiger partial charge in [0.2, 0.25) is 11.5 Å². The predicted octanol–water partition coefficient (Wildman–Crippen LogP) is 0.0447. The van der Waals surface area contributed by atoms with Gasteiger partial charge in [-0.25, -0.2) is 4.79 Å². The van der Waals surface area contributed by atoms with Crippen LogP contribution < -0.4 is 0 Å². The molecule has 17 heavy (non-hydrogen) atoms. The summed E-state index contributed by atoms with van der Waals surface area (Å²) >= 11 is -1.68. The number of hydrogen-bond donors (Lipinski definition) is 0. The van der Waals surface area contributed by atoms with Crippen LogP contribution in [0.4, 0.5) is 0 Å². The summed E-state index contributed by atoms with van der Waals surface area (Å²) in [6.45, 7) is 0. The molecule has 0 amide bonds. The molecule has 0 saturated heterocycles. The minimum absolute atomic E-state index is 0.152. The van der Waals surface area contributed by atoms with Gasteiger partial charge in [0.1, 0.15) is 17.7 Å². The highest BCUT2D eigenvalue weighted by molar-refractivity contribution is 7.88. The van der Waals surface area contributed by atoms with Crippen molar-refractivity contribution in [2.45, 2.75) is 0 Å². The fourth-order valence-corrected chi connectivity index (χ4v) is 1.97. The number of rotatable bonds is 2. The molecule has 0 radical (unpaired) electrons. The second-order valence-electron chi connectivity index (χ2n) is 3.11. The number of hydrogen-bond acceptors (Lipinski definition) is 7. The van der Waals surface area contributed by atoms with Crippen LogP contribution in [0.3, 0.4) is 0 Å². The molecule has 0 spiro atoms. The molecule has 0 aromatic carbocycles. The molecule has 1 aromatic heterocycles. The number of methoxy groups -OCH3 is 1. The Labute approximate surface area is 100 Å². The molecule has 1 unspecified atom stereocenters. The highest BCUT2D eigenvalue weighted by Gasteiger charge is 2.31. The summed E-state index contributed by atoms with van der Waals surface area (Å²) in [5.74, 6) is -0.586. The summed E-state index contributed by atoms with van der Waals surface area (Å²) in [6, 6.07) is 1.56. The monoisotopic (exact) mass is 255 g/mol. The number of allylic oxidation sites excluding steroid dienone is 1. The van der Waals surface area contributed by atoms with E-state index >= 15 is 0 Å². The zero-order valence-corrected chi connectivity index (χ0v) is 9.93. The molecule has 0 N–H and O–H groups in total. The van der Waals surface area contributed by atoms with Gasteiger partial charge in [0, 0.05) is 12.1 Å². The highest BCUT2D eigenvalue weighted by atomic mass is 32.2. The van der Waals surface area contributed by atoms with Gasteiger partial charge < -0.3 is 13.8 Å². The van der Waals surface area contributed by atoms with Gasteiger partial charge in [0.05, 0.1) is 14.2 Å². The van der Waals surface area contributed by atoms with Crippen LogP contribution in [0.25, 0.3) is 0 Å². The van der Waals surface area contributed by atoms with Gasteiger partial charge in [-0.1, -0.05) is 5.16 Å². The Hall–Kier alpha value is -1.80. The van der Waals surface area contributed by atoms with Gasteiger partial charge in [-0.15, -0.1) is 0 Å². The standard InChI is InChI=1S/C9H9N3O4S/c1-12-8(9(13)15-2)5-7(11-17(12)14)6-3-4-16-10-6/h3-5H,1-2H3. The molecule has 2 heterocycles. The van der Waals surface area contributed by atoms with Crippen LogP contribution in [0, 0.1) is 0 Å². The van der Waals surface area contributed by atoms with Crippen molar-refractivity contribution in [3.63, 3.8) is 0 Å². The van der Waals surface area contributed by atoms with Gasteiger partial charge in [-0.3, -0.25) is 0 Å². The van der Waals surface area contributed by atoms with E-state index in [2.05, 4.69) is 18.8 Å². The molecular weight excluding hydrogens is 246 g/mol. The lowest BCUT2D eigenvalue weighted by Crippen LogP contribution is -2.33. The van der Waals surface area contributed by atoms with Crippen LogP contribution in [0.2, 0.25) is 0 Å². The van der Waals surface area contributed by atoms with Crippen molar-refractivity contribution in [2.24, 2.45) is 4.40 Å². The second kappa shape index (κ2) is 4.60. The molecule has 0 saturated carbocycles. The van der Waals surface area contributed by atoms with E-state index in [-0.39, 0.29) is 5.70 Å². The number of ether oxygens (including phenoxy) is 1. The predicted molar refractivity (Wildman–Crippen MR) is 59.0 cm³/mol. The zero-order chi connectivity index (χ0) is 12.4. The summed E-state index contributed by atoms with van der Waals surface area (Å²) in [5.41, 5.74) is 0.877. The Morgan fingerprint density at radius 2 is 2.41 bits per heavy atom. The smallest absolute Gasteiger partial charge is 0.359 e. The highest BCUT2D eigenvalue weighted by Crippen LogP contribution is 2.19. The van der Waals surface area contributed by atoms with Crippen molar-refractivity contribution < 1.29 is 18.6 Å². The Kier molecular flexibility index (Phi) is 3.16. The molecule has 0 aliphatic carbocycles. The quantitative estimate of drug-likeness (QED) is 0.547. The SMILES string of the molecule is COC(=O)C1=CC(c2ccon2)=N[S+]([O-])N1C. The molecule has 0 bridgehead atoms. The number of esters is 1. The molecule has 90 valence electrons. The summed E-state index contributed by atoms with van der Waals surface area (Å²) in [5, 5.41) is 3.66. The molecule has 1 aromatic rings. The summed E-state index contributed by atoms with van der Waals surface area (Å²) < 4.78 is 26.0. The largest absolute Gasteiger partial charge is 0.566 e. The number of nitrogens with zero attached hydrogens (tertiary/aromatic N) is 3. The van der Waals surface area contributed by atoms with Gasteiger partial charge in [0.15, 0.2) is 5.70 Å². The van der Waals surface area contributed by atoms with Crippen molar-refractivity contribution in [3.8, 4) is 0 Å². The first-order valence-electron chi connectivity index (χ1n) is 4.58. The maximum atomic E-state index is 11.7. The summed E-state index contributed by atoms with van der Waals surface area (Å²) in [4.78, 5) is 11.5. The van der Waals surface area contributed by atoms with Crippen LogP contribution in [0.15, 0.2) is 33.0 Å². The van der Waals surface area contributed by atoms with Crippen LogP contribution in [0.5, 0.6) is 0 Å². The van der Waals surface area contributed by atoms with Crippen molar-refractivity contribution in [1.82, 2.24) is 9.46 Å². The third-order valence-corrected chi connectivity index (χ3v) is 3.14. The van der Waals surface area contributed by atoms with E-state index in [0.29, 0.717) is 11.4 Å². The molecule has 8 heteroatoms. The minimum atomic E-state index is -1.68. The van der Waals surface area contributed by atoms with Gasteiger partial charge in [-0.2, -0.15) is 4.31 Å². The van der Waals surface area contributed by atoms with Crippen molar-refractivity contribution >= 4 is 23.2 Å². The van der Waals surface area contributed by atoms with E-state index in [1.807, 2.05) is 0 Å². The van der Waals surface area contributed by atoms with E-state index in [9.17, 15) is 9.35 Å². The first-order valence-corrected chi connectivity index (χ1v) is 5.65. The van der Waals surface area contributed by atoms with Gasteiger partial charge in [-0.05, 0) is 4.40 Å². The Morgan fingerprint density at radius 3 is 3.00 bits per heavy atom. The van der Waals surface area contributed by atoms with E-state index in [1.54, 1.807) is 6.07 Å². The van der Waals surface area contributed by atoms with E-state index in [1.165, 1.54) is 30.8 Å². The molecule has 2 rings (SSSR count). The zero-order valence-electron chi connectivity index (χ0n) is 9.11. The lowest BCUT2D eigenvalue weighted by Gasteiger charge is -2.21. The molecule has 1 aliphatic heterocycles. The fourth-order valence-electron chi connectivity index (χ4n) is 1.23. The van der Waals surface area contributed by atoms with E-state index in [0.717, 1.165) is 0 Å². The molecule has 7 nitrogen and oxygen atoms in total. The van der Waals surface area contributed by atoms with Crippen molar-refractivity contribution in [1.29, 1.82) is 0 Å². The molecule has 1 aliphatic rings. The summed E-state index contributed by atoms with van der Waals surface area (Å²) in [6.07, 6.45) is 2.82. The molecule has 0 fully saturated rings. The topological polar surface area (TPSA) is 91.0 Å². The number of carbonyl (C=O) groups is 1. The third-order valence-electron chi connectivity index (χ3n) is 2.12. The van der Waals surface area contributed by atoms with E-state index < -0.39 is 17.5 Å². The first-order chi connectivity index (χ1) is 8.13. The fraction of sp³-hybridized carbons (Fsp3) is 0.222. The Morgan fingerprint density at radius 1 is 1.65 bits per heavy atom. The average Bonchev–Trinajstić information content (AvgIpc) is 2.85. The van der Waals surface area contributed by atoms with Gasteiger partial charge >= 0.3 is 5.97 Å².